The third-order valence-corrected chi connectivity index (χ3v) is 5.35. The van der Waals surface area contributed by atoms with Crippen LogP contribution in [-0.4, -0.2) is 24.3 Å². The summed E-state index contributed by atoms with van der Waals surface area (Å²) in [4.78, 5) is 39.7. The number of nitrogens with one attached hydrogen (secondary N) is 2. The van der Waals surface area contributed by atoms with Crippen LogP contribution >= 0.6 is 11.6 Å². The van der Waals surface area contributed by atoms with Gasteiger partial charge in [0.05, 0.1) is 17.2 Å². The van der Waals surface area contributed by atoms with Crippen LogP contribution in [0.1, 0.15) is 16.8 Å². The summed E-state index contributed by atoms with van der Waals surface area (Å²) in [6.07, 6.45) is 0.125. The first-order valence-electron chi connectivity index (χ1n) is 9.83. The largest absolute Gasteiger partial charge is 0.325 e. The summed E-state index contributed by atoms with van der Waals surface area (Å²) in [5.41, 5.74) is 2.08. The van der Waals surface area contributed by atoms with E-state index in [1.807, 2.05) is 30.3 Å². The molecule has 0 spiro atoms. The Labute approximate surface area is 184 Å². The topological polar surface area (TPSA) is 78.5 Å². The van der Waals surface area contributed by atoms with E-state index in [4.69, 9.17) is 11.6 Å². The highest BCUT2D eigenvalue weighted by Crippen LogP contribution is 2.26. The van der Waals surface area contributed by atoms with Gasteiger partial charge in [-0.1, -0.05) is 41.9 Å². The average molecular weight is 434 g/mol. The van der Waals surface area contributed by atoms with Gasteiger partial charge in [0.15, 0.2) is 0 Å². The minimum atomic E-state index is -0.500. The molecule has 7 heteroatoms. The maximum atomic E-state index is 12.9. The minimum Gasteiger partial charge on any atom is -0.325 e. The molecule has 1 atom stereocenters. The zero-order valence-electron chi connectivity index (χ0n) is 16.5. The van der Waals surface area contributed by atoms with Gasteiger partial charge in [0.1, 0.15) is 0 Å². The van der Waals surface area contributed by atoms with Gasteiger partial charge in [-0.05, 0) is 48.5 Å². The number of halogens is 1. The van der Waals surface area contributed by atoms with Crippen LogP contribution in [0.15, 0.2) is 78.9 Å². The van der Waals surface area contributed by atoms with Gasteiger partial charge in [0, 0.05) is 29.4 Å². The fourth-order valence-electron chi connectivity index (χ4n) is 3.50. The first kappa shape index (κ1) is 20.6. The average Bonchev–Trinajstić information content (AvgIpc) is 3.18. The van der Waals surface area contributed by atoms with Crippen molar-refractivity contribution in [3.63, 3.8) is 0 Å². The highest BCUT2D eigenvalue weighted by molar-refractivity contribution is 6.30. The molecule has 3 aromatic carbocycles. The van der Waals surface area contributed by atoms with Gasteiger partial charge in [-0.2, -0.15) is 0 Å². The minimum absolute atomic E-state index is 0.0971. The molecule has 1 saturated heterocycles. The number of amides is 3. The lowest BCUT2D eigenvalue weighted by Crippen LogP contribution is -2.28. The first-order valence-corrected chi connectivity index (χ1v) is 10.2. The van der Waals surface area contributed by atoms with E-state index in [9.17, 15) is 14.4 Å². The van der Waals surface area contributed by atoms with E-state index >= 15 is 0 Å². The van der Waals surface area contributed by atoms with Crippen LogP contribution in [0.4, 0.5) is 17.1 Å². The third-order valence-electron chi connectivity index (χ3n) is 5.10. The molecule has 1 heterocycles. The lowest BCUT2D eigenvalue weighted by Gasteiger charge is -2.17. The predicted molar refractivity (Wildman–Crippen MR) is 121 cm³/mol. The van der Waals surface area contributed by atoms with Gasteiger partial charge in [-0.3, -0.25) is 14.4 Å². The zero-order valence-corrected chi connectivity index (χ0v) is 17.3. The quantitative estimate of drug-likeness (QED) is 0.618. The Morgan fingerprint density at radius 2 is 1.55 bits per heavy atom. The number of benzene rings is 3. The summed E-state index contributed by atoms with van der Waals surface area (Å²) >= 11 is 5.88. The summed E-state index contributed by atoms with van der Waals surface area (Å²) in [5.74, 6) is -1.25. The number of rotatable bonds is 5. The Balaban J connectivity index is 1.46. The molecule has 6 nitrogen and oxygen atoms in total. The maximum absolute atomic E-state index is 12.9. The van der Waals surface area contributed by atoms with E-state index in [2.05, 4.69) is 10.6 Å². The van der Waals surface area contributed by atoms with Crippen molar-refractivity contribution in [2.75, 3.05) is 22.1 Å². The smallest absolute Gasteiger partial charge is 0.257 e. The number of nitrogens with zero attached hydrogens (tertiary/aromatic N) is 1. The molecule has 3 amide bonds. The molecule has 4 rings (SSSR count). The molecule has 1 aliphatic heterocycles. The van der Waals surface area contributed by atoms with E-state index in [0.29, 0.717) is 28.5 Å². The molecule has 31 heavy (non-hydrogen) atoms. The Kier molecular flexibility index (Phi) is 6.00. The van der Waals surface area contributed by atoms with Crippen LogP contribution in [0.3, 0.4) is 0 Å². The van der Waals surface area contributed by atoms with Crippen molar-refractivity contribution in [3.05, 3.63) is 89.4 Å². The summed E-state index contributed by atoms with van der Waals surface area (Å²) in [6.45, 7) is 0.299. The Hall–Kier alpha value is -3.64. The second-order valence-electron chi connectivity index (χ2n) is 7.24. The van der Waals surface area contributed by atoms with Crippen LogP contribution < -0.4 is 15.5 Å². The lowest BCUT2D eigenvalue weighted by molar-refractivity contribution is -0.122. The summed E-state index contributed by atoms with van der Waals surface area (Å²) in [7, 11) is 0. The normalized spacial score (nSPS) is 15.6. The molecule has 1 aliphatic rings. The SMILES string of the molecule is O=C(Nc1ccc(Cl)cc1)c1ccccc1NC(=O)C1CC(=O)N(c2ccccc2)C1. The van der Waals surface area contributed by atoms with Crippen molar-refractivity contribution >= 4 is 46.4 Å². The molecule has 0 radical (unpaired) electrons. The number of anilines is 3. The van der Waals surface area contributed by atoms with Gasteiger partial charge < -0.3 is 15.5 Å². The molecule has 156 valence electrons. The number of carbonyl (C=O) groups is 3. The highest BCUT2D eigenvalue weighted by Gasteiger charge is 2.35. The van der Waals surface area contributed by atoms with Crippen LogP contribution in [0, 0.1) is 5.92 Å². The van der Waals surface area contributed by atoms with Crippen LogP contribution in [0.25, 0.3) is 0 Å². The van der Waals surface area contributed by atoms with Crippen molar-refractivity contribution in [3.8, 4) is 0 Å². The summed E-state index contributed by atoms with van der Waals surface area (Å²) in [5, 5.41) is 6.18. The van der Waals surface area contributed by atoms with E-state index in [-0.39, 0.29) is 24.1 Å². The number of carbonyl (C=O) groups excluding carboxylic acids is 3. The fourth-order valence-corrected chi connectivity index (χ4v) is 3.62. The summed E-state index contributed by atoms with van der Waals surface area (Å²) in [6, 6.07) is 22.8. The Morgan fingerprint density at radius 3 is 2.29 bits per heavy atom. The van der Waals surface area contributed by atoms with Gasteiger partial charge in [0.25, 0.3) is 5.91 Å². The molecule has 3 aromatic rings. The number of para-hydroxylation sites is 2. The molecular weight excluding hydrogens is 414 g/mol. The molecule has 0 aliphatic carbocycles. The summed E-state index contributed by atoms with van der Waals surface area (Å²) < 4.78 is 0. The highest BCUT2D eigenvalue weighted by atomic mass is 35.5. The van der Waals surface area contributed by atoms with E-state index < -0.39 is 5.92 Å². The van der Waals surface area contributed by atoms with E-state index in [1.165, 1.54) is 0 Å². The van der Waals surface area contributed by atoms with Gasteiger partial charge in [-0.25, -0.2) is 0 Å². The van der Waals surface area contributed by atoms with Crippen molar-refractivity contribution in [2.45, 2.75) is 6.42 Å². The van der Waals surface area contributed by atoms with E-state index in [1.54, 1.807) is 53.4 Å². The van der Waals surface area contributed by atoms with E-state index in [0.717, 1.165) is 5.69 Å². The predicted octanol–water partition coefficient (Wildman–Crippen LogP) is 4.58. The monoisotopic (exact) mass is 433 g/mol. The number of hydrogen-bond acceptors (Lipinski definition) is 3. The number of hydrogen-bond donors (Lipinski definition) is 2. The third kappa shape index (κ3) is 4.75. The second-order valence-corrected chi connectivity index (χ2v) is 7.67. The standard InChI is InChI=1S/C24H20ClN3O3/c25-17-10-12-18(13-11-17)26-24(31)20-8-4-5-9-21(20)27-23(30)16-14-22(29)28(15-16)19-6-2-1-3-7-19/h1-13,16H,14-15H2,(H,26,31)(H,27,30). The van der Waals surface area contributed by atoms with Crippen molar-refractivity contribution in [1.29, 1.82) is 0 Å². The van der Waals surface area contributed by atoms with Gasteiger partial charge >= 0.3 is 0 Å². The first-order chi connectivity index (χ1) is 15.0. The molecule has 2 N–H and O–H groups in total. The molecule has 1 fully saturated rings. The van der Waals surface area contributed by atoms with Gasteiger partial charge in [0.2, 0.25) is 11.8 Å². The lowest BCUT2D eigenvalue weighted by atomic mass is 10.1. The molecule has 0 saturated carbocycles. The van der Waals surface area contributed by atoms with Crippen LogP contribution in [-0.2, 0) is 9.59 Å². The van der Waals surface area contributed by atoms with Crippen LogP contribution in [0.2, 0.25) is 5.02 Å². The molecular formula is C24H20ClN3O3. The molecule has 0 bridgehead atoms. The van der Waals surface area contributed by atoms with Crippen molar-refractivity contribution < 1.29 is 14.4 Å². The fraction of sp³-hybridized carbons (Fsp3) is 0.125. The molecule has 0 aromatic heterocycles. The molecule has 1 unspecified atom stereocenters. The Morgan fingerprint density at radius 1 is 0.871 bits per heavy atom. The van der Waals surface area contributed by atoms with Crippen molar-refractivity contribution in [2.24, 2.45) is 5.92 Å². The van der Waals surface area contributed by atoms with Gasteiger partial charge in [-0.15, -0.1) is 0 Å². The van der Waals surface area contributed by atoms with Crippen LogP contribution in [0.5, 0.6) is 0 Å². The second kappa shape index (κ2) is 9.02. The zero-order chi connectivity index (χ0) is 21.8. The van der Waals surface area contributed by atoms with Crippen molar-refractivity contribution in [1.82, 2.24) is 0 Å². The Bertz CT molecular complexity index is 1120. The maximum Gasteiger partial charge on any atom is 0.257 e.